The molecule has 0 amide bonds. The average molecular weight is 427 g/mol. The molecule has 0 saturated carbocycles. The molecule has 31 heavy (non-hydrogen) atoms. The zero-order chi connectivity index (χ0) is 21.5. The van der Waals surface area contributed by atoms with Crippen LogP contribution in [-0.4, -0.2) is 0 Å². The van der Waals surface area contributed by atoms with Gasteiger partial charge in [-0.25, -0.2) is 8.78 Å². The highest BCUT2D eigenvalue weighted by atomic mass is 32.2. The fourth-order valence-electron chi connectivity index (χ4n) is 2.96. The summed E-state index contributed by atoms with van der Waals surface area (Å²) >= 11 is 1.71. The quantitative estimate of drug-likeness (QED) is 0.279. The summed E-state index contributed by atoms with van der Waals surface area (Å²) in [7, 11) is 0. The summed E-state index contributed by atoms with van der Waals surface area (Å²) < 4.78 is 26.0. The van der Waals surface area contributed by atoms with E-state index in [1.807, 2.05) is 24.3 Å². The Morgan fingerprint density at radius 2 is 0.645 bits per heavy atom. The van der Waals surface area contributed by atoms with Gasteiger partial charge in [-0.2, -0.15) is 0 Å². The molecular formula is C28H20F2S. The molecule has 0 nitrogen and oxygen atoms in total. The second-order valence-corrected chi connectivity index (χ2v) is 8.16. The molecule has 0 heterocycles. The Hall–Kier alpha value is -3.43. The Kier molecular flexibility index (Phi) is 6.75. The largest absolute Gasteiger partial charge is 0.207 e. The average Bonchev–Trinajstić information content (AvgIpc) is 2.80. The lowest BCUT2D eigenvalue weighted by atomic mass is 10.1. The summed E-state index contributed by atoms with van der Waals surface area (Å²) in [5.41, 5.74) is 4.12. The van der Waals surface area contributed by atoms with Crippen molar-refractivity contribution in [1.29, 1.82) is 0 Å². The molecule has 0 N–H and O–H groups in total. The maximum absolute atomic E-state index is 13.0. The van der Waals surface area contributed by atoms with Crippen molar-refractivity contribution >= 4 is 36.1 Å². The van der Waals surface area contributed by atoms with Gasteiger partial charge in [-0.15, -0.1) is 0 Å². The molecule has 3 heteroatoms. The van der Waals surface area contributed by atoms with Crippen LogP contribution in [0.25, 0.3) is 24.3 Å². The normalized spacial score (nSPS) is 11.4. The van der Waals surface area contributed by atoms with Crippen molar-refractivity contribution in [1.82, 2.24) is 0 Å². The molecule has 0 aliphatic carbocycles. The topological polar surface area (TPSA) is 0 Å². The van der Waals surface area contributed by atoms with Crippen molar-refractivity contribution < 1.29 is 8.78 Å². The molecule has 0 saturated heterocycles. The lowest BCUT2D eigenvalue weighted by molar-refractivity contribution is 0.627. The lowest BCUT2D eigenvalue weighted by Crippen LogP contribution is -1.78. The van der Waals surface area contributed by atoms with Crippen LogP contribution < -0.4 is 0 Å². The van der Waals surface area contributed by atoms with Crippen LogP contribution in [0.5, 0.6) is 0 Å². The van der Waals surface area contributed by atoms with E-state index in [1.165, 1.54) is 24.3 Å². The van der Waals surface area contributed by atoms with Crippen LogP contribution in [0.15, 0.2) is 107 Å². The van der Waals surface area contributed by atoms with Gasteiger partial charge in [-0.3, -0.25) is 0 Å². The first kappa shape index (κ1) is 20.8. The molecule has 0 aromatic heterocycles. The molecule has 0 aliphatic rings. The van der Waals surface area contributed by atoms with Crippen LogP contribution in [0, 0.1) is 11.6 Å². The van der Waals surface area contributed by atoms with Gasteiger partial charge >= 0.3 is 0 Å². The molecule has 4 aromatic carbocycles. The van der Waals surface area contributed by atoms with E-state index in [-0.39, 0.29) is 11.6 Å². The third kappa shape index (κ3) is 6.27. The first-order valence-corrected chi connectivity index (χ1v) is 10.7. The molecule has 4 rings (SSSR count). The molecule has 0 radical (unpaired) electrons. The highest BCUT2D eigenvalue weighted by Crippen LogP contribution is 2.28. The minimum atomic E-state index is -0.226. The smallest absolute Gasteiger partial charge is 0.123 e. The van der Waals surface area contributed by atoms with Crippen LogP contribution >= 0.6 is 11.8 Å². The summed E-state index contributed by atoms with van der Waals surface area (Å²) in [6.07, 6.45) is 7.98. The van der Waals surface area contributed by atoms with E-state index in [4.69, 9.17) is 0 Å². The molecule has 0 fully saturated rings. The van der Waals surface area contributed by atoms with E-state index in [1.54, 1.807) is 36.0 Å². The highest BCUT2D eigenvalue weighted by molar-refractivity contribution is 7.99. The first-order valence-electron chi connectivity index (χ1n) is 9.89. The van der Waals surface area contributed by atoms with Gasteiger partial charge in [-0.05, 0) is 70.8 Å². The van der Waals surface area contributed by atoms with Crippen LogP contribution in [0.2, 0.25) is 0 Å². The fraction of sp³-hybridized carbons (Fsp3) is 0. The van der Waals surface area contributed by atoms with E-state index in [9.17, 15) is 8.78 Å². The van der Waals surface area contributed by atoms with Crippen molar-refractivity contribution in [2.45, 2.75) is 9.79 Å². The van der Waals surface area contributed by atoms with Crippen molar-refractivity contribution in [3.05, 3.63) is 131 Å². The summed E-state index contributed by atoms with van der Waals surface area (Å²) in [6.45, 7) is 0. The maximum Gasteiger partial charge on any atom is 0.123 e. The van der Waals surface area contributed by atoms with Crippen LogP contribution in [0.1, 0.15) is 22.3 Å². The second kappa shape index (κ2) is 10.1. The van der Waals surface area contributed by atoms with Gasteiger partial charge in [-0.1, -0.05) is 84.6 Å². The van der Waals surface area contributed by atoms with Crippen molar-refractivity contribution in [2.75, 3.05) is 0 Å². The van der Waals surface area contributed by atoms with E-state index in [0.29, 0.717) is 0 Å². The number of hydrogen-bond acceptors (Lipinski definition) is 1. The van der Waals surface area contributed by atoms with Gasteiger partial charge in [0, 0.05) is 9.79 Å². The predicted molar refractivity (Wildman–Crippen MR) is 128 cm³/mol. The van der Waals surface area contributed by atoms with Gasteiger partial charge in [0.05, 0.1) is 0 Å². The van der Waals surface area contributed by atoms with Crippen LogP contribution in [0.4, 0.5) is 8.78 Å². The van der Waals surface area contributed by atoms with E-state index in [2.05, 4.69) is 48.5 Å². The number of rotatable bonds is 6. The SMILES string of the molecule is Fc1ccc(/C=C/c2ccc(Sc3ccc(/C=C/c4ccc(F)cc4)cc3)cc2)cc1. The molecule has 0 atom stereocenters. The molecule has 0 spiro atoms. The van der Waals surface area contributed by atoms with Gasteiger partial charge in [0.2, 0.25) is 0 Å². The molecule has 152 valence electrons. The minimum absolute atomic E-state index is 0.226. The molecule has 0 unspecified atom stereocenters. The van der Waals surface area contributed by atoms with Crippen LogP contribution in [0.3, 0.4) is 0 Å². The zero-order valence-electron chi connectivity index (χ0n) is 16.7. The van der Waals surface area contributed by atoms with E-state index in [0.717, 1.165) is 32.0 Å². The molecule has 0 aliphatic heterocycles. The van der Waals surface area contributed by atoms with Crippen molar-refractivity contribution in [3.63, 3.8) is 0 Å². The number of benzene rings is 4. The lowest BCUT2D eigenvalue weighted by Gasteiger charge is -2.03. The monoisotopic (exact) mass is 426 g/mol. The summed E-state index contributed by atoms with van der Waals surface area (Å²) in [6, 6.07) is 29.5. The minimum Gasteiger partial charge on any atom is -0.207 e. The number of hydrogen-bond donors (Lipinski definition) is 0. The summed E-state index contributed by atoms with van der Waals surface area (Å²) in [5, 5.41) is 0. The van der Waals surface area contributed by atoms with Gasteiger partial charge in [0.1, 0.15) is 11.6 Å². The molecule has 4 aromatic rings. The Morgan fingerprint density at radius 3 is 0.935 bits per heavy atom. The predicted octanol–water partition coefficient (Wildman–Crippen LogP) is 8.46. The van der Waals surface area contributed by atoms with E-state index >= 15 is 0 Å². The second-order valence-electron chi connectivity index (χ2n) is 7.01. The van der Waals surface area contributed by atoms with Crippen molar-refractivity contribution in [3.8, 4) is 0 Å². The van der Waals surface area contributed by atoms with E-state index < -0.39 is 0 Å². The highest BCUT2D eigenvalue weighted by Gasteiger charge is 1.98. The maximum atomic E-state index is 13.0. The Bertz CT molecular complexity index is 1070. The van der Waals surface area contributed by atoms with Crippen LogP contribution in [-0.2, 0) is 0 Å². The Morgan fingerprint density at radius 1 is 0.387 bits per heavy atom. The summed E-state index contributed by atoms with van der Waals surface area (Å²) in [4.78, 5) is 2.32. The molecular weight excluding hydrogens is 406 g/mol. The number of halogens is 2. The third-order valence-corrected chi connectivity index (χ3v) is 5.69. The zero-order valence-corrected chi connectivity index (χ0v) is 17.5. The standard InChI is InChI=1S/C28H20F2S/c29-25-13-5-21(6-14-25)1-3-23-9-17-27(18-10-23)31-28-19-11-24(12-20-28)4-2-22-7-15-26(30)16-8-22/h1-20H/b3-1+,4-2+. The third-order valence-electron chi connectivity index (χ3n) is 4.67. The Balaban J connectivity index is 1.35. The Labute approximate surface area is 185 Å². The molecule has 0 bridgehead atoms. The van der Waals surface area contributed by atoms with Crippen molar-refractivity contribution in [2.24, 2.45) is 0 Å². The first-order chi connectivity index (χ1) is 15.1. The summed E-state index contributed by atoms with van der Waals surface area (Å²) in [5.74, 6) is -0.453. The van der Waals surface area contributed by atoms with Gasteiger partial charge in [0.15, 0.2) is 0 Å². The van der Waals surface area contributed by atoms with Gasteiger partial charge in [0.25, 0.3) is 0 Å². The van der Waals surface area contributed by atoms with Gasteiger partial charge < -0.3 is 0 Å². The fourth-order valence-corrected chi connectivity index (χ4v) is 3.78.